The van der Waals surface area contributed by atoms with Crippen molar-refractivity contribution in [3.8, 4) is 17.2 Å². The fourth-order valence-electron chi connectivity index (χ4n) is 3.44. The first-order valence-corrected chi connectivity index (χ1v) is 9.84. The lowest BCUT2D eigenvalue weighted by Crippen LogP contribution is -2.38. The van der Waals surface area contributed by atoms with Crippen molar-refractivity contribution in [1.29, 1.82) is 0 Å². The van der Waals surface area contributed by atoms with Crippen LogP contribution in [0.1, 0.15) is 20.7 Å². The monoisotopic (exact) mass is 409 g/mol. The third-order valence-corrected chi connectivity index (χ3v) is 5.06. The van der Waals surface area contributed by atoms with Gasteiger partial charge in [0, 0.05) is 31.3 Å². The summed E-state index contributed by atoms with van der Waals surface area (Å²) in [7, 11) is 1.57. The van der Waals surface area contributed by atoms with Crippen LogP contribution in [0.15, 0.2) is 54.3 Å². The van der Waals surface area contributed by atoms with E-state index in [4.69, 9.17) is 18.9 Å². The maximum atomic E-state index is 12.9. The number of morpholine rings is 1. The van der Waals surface area contributed by atoms with Crippen LogP contribution in [0.5, 0.6) is 17.2 Å². The summed E-state index contributed by atoms with van der Waals surface area (Å²) in [6.07, 6.45) is 1.23. The first kappa shape index (κ1) is 20.1. The van der Waals surface area contributed by atoms with Crippen molar-refractivity contribution in [2.75, 3.05) is 46.6 Å². The molecule has 1 fully saturated rings. The number of hydrogen-bond donors (Lipinski definition) is 0. The van der Waals surface area contributed by atoms with E-state index in [9.17, 15) is 9.59 Å². The van der Waals surface area contributed by atoms with Gasteiger partial charge in [0.15, 0.2) is 11.5 Å². The Morgan fingerprint density at radius 2 is 1.73 bits per heavy atom. The Morgan fingerprint density at radius 1 is 1.00 bits per heavy atom. The highest BCUT2D eigenvalue weighted by molar-refractivity contribution is 6.24. The fourth-order valence-corrected chi connectivity index (χ4v) is 3.44. The molecule has 2 aromatic carbocycles. The second-order valence-corrected chi connectivity index (χ2v) is 6.96. The number of benzene rings is 2. The molecule has 0 spiro atoms. The molecule has 30 heavy (non-hydrogen) atoms. The van der Waals surface area contributed by atoms with E-state index in [2.05, 4.69) is 4.90 Å². The van der Waals surface area contributed by atoms with E-state index >= 15 is 0 Å². The van der Waals surface area contributed by atoms with Crippen LogP contribution in [-0.4, -0.2) is 63.0 Å². The molecule has 156 valence electrons. The number of carbonyl (C=O) groups is 2. The number of allylic oxidation sites excluding steroid dienone is 2. The molecule has 2 aromatic rings. The summed E-state index contributed by atoms with van der Waals surface area (Å²) in [5.74, 6) is 0.868. The van der Waals surface area contributed by atoms with E-state index in [0.717, 1.165) is 32.8 Å². The molecule has 1 heterocycles. The van der Waals surface area contributed by atoms with Crippen LogP contribution in [0.25, 0.3) is 0 Å². The molecule has 4 rings (SSSR count). The van der Waals surface area contributed by atoms with Gasteiger partial charge in [0.2, 0.25) is 5.78 Å². The highest BCUT2D eigenvalue weighted by atomic mass is 16.5. The molecule has 0 unspecified atom stereocenters. The molecule has 7 heteroatoms. The first-order valence-electron chi connectivity index (χ1n) is 9.84. The van der Waals surface area contributed by atoms with E-state index in [-0.39, 0.29) is 28.5 Å². The van der Waals surface area contributed by atoms with Crippen LogP contribution in [0.4, 0.5) is 0 Å². The molecule has 0 radical (unpaired) electrons. The molecule has 2 aliphatic rings. The van der Waals surface area contributed by atoms with E-state index < -0.39 is 0 Å². The van der Waals surface area contributed by atoms with Gasteiger partial charge in [-0.25, -0.2) is 0 Å². The van der Waals surface area contributed by atoms with E-state index in [1.165, 1.54) is 6.08 Å². The zero-order chi connectivity index (χ0) is 20.9. The molecular formula is C23H23NO6. The van der Waals surface area contributed by atoms with Gasteiger partial charge in [-0.1, -0.05) is 6.07 Å². The Kier molecular flexibility index (Phi) is 6.11. The van der Waals surface area contributed by atoms with Crippen molar-refractivity contribution in [2.45, 2.75) is 0 Å². The SMILES string of the molecule is COc1ccc(OC2=CC(=O)c3c(OCCN4CCOCC4)cccc3C2=O)cc1. The third kappa shape index (κ3) is 4.37. The first-order chi connectivity index (χ1) is 14.7. The van der Waals surface area contributed by atoms with Gasteiger partial charge in [0.05, 0.1) is 25.9 Å². The summed E-state index contributed by atoms with van der Waals surface area (Å²) >= 11 is 0. The van der Waals surface area contributed by atoms with Gasteiger partial charge in [-0.05, 0) is 36.4 Å². The number of carbonyl (C=O) groups excluding carboxylic acids is 2. The average Bonchev–Trinajstić information content (AvgIpc) is 2.78. The minimum Gasteiger partial charge on any atom is -0.497 e. The summed E-state index contributed by atoms with van der Waals surface area (Å²) in [5, 5.41) is 0. The van der Waals surface area contributed by atoms with Crippen molar-refractivity contribution in [1.82, 2.24) is 4.90 Å². The van der Waals surface area contributed by atoms with E-state index in [1.54, 1.807) is 49.6 Å². The lowest BCUT2D eigenvalue weighted by atomic mass is 9.92. The van der Waals surface area contributed by atoms with Gasteiger partial charge in [0.1, 0.15) is 23.9 Å². The Balaban J connectivity index is 1.47. The van der Waals surface area contributed by atoms with Crippen LogP contribution in [0.3, 0.4) is 0 Å². The van der Waals surface area contributed by atoms with Crippen molar-refractivity contribution in [3.05, 3.63) is 65.4 Å². The van der Waals surface area contributed by atoms with Crippen LogP contribution in [0, 0.1) is 0 Å². The fraction of sp³-hybridized carbons (Fsp3) is 0.304. The van der Waals surface area contributed by atoms with E-state index in [1.807, 2.05) is 0 Å². The quantitative estimate of drug-likeness (QED) is 0.696. The number of nitrogens with zero attached hydrogens (tertiary/aromatic N) is 1. The largest absolute Gasteiger partial charge is 0.497 e. The van der Waals surface area contributed by atoms with Crippen LogP contribution in [0.2, 0.25) is 0 Å². The molecular weight excluding hydrogens is 386 g/mol. The average molecular weight is 409 g/mol. The summed E-state index contributed by atoms with van der Waals surface area (Å²) in [4.78, 5) is 27.9. The van der Waals surface area contributed by atoms with Gasteiger partial charge < -0.3 is 18.9 Å². The van der Waals surface area contributed by atoms with Crippen molar-refractivity contribution < 1.29 is 28.5 Å². The lowest BCUT2D eigenvalue weighted by molar-refractivity contribution is 0.0322. The predicted octanol–water partition coefficient (Wildman–Crippen LogP) is 2.75. The Labute approximate surface area is 174 Å². The maximum absolute atomic E-state index is 12.9. The van der Waals surface area contributed by atoms with Crippen LogP contribution >= 0.6 is 0 Å². The molecule has 1 saturated heterocycles. The highest BCUT2D eigenvalue weighted by Gasteiger charge is 2.30. The van der Waals surface area contributed by atoms with Crippen LogP contribution < -0.4 is 14.2 Å². The second kappa shape index (κ2) is 9.11. The zero-order valence-electron chi connectivity index (χ0n) is 16.8. The normalized spacial score (nSPS) is 16.6. The summed E-state index contributed by atoms with van der Waals surface area (Å²) in [6.45, 7) is 4.32. The Hall–Kier alpha value is -3.16. The van der Waals surface area contributed by atoms with Crippen molar-refractivity contribution in [2.24, 2.45) is 0 Å². The van der Waals surface area contributed by atoms with Gasteiger partial charge in [-0.15, -0.1) is 0 Å². The molecule has 0 saturated carbocycles. The molecule has 0 atom stereocenters. The predicted molar refractivity (Wildman–Crippen MR) is 110 cm³/mol. The molecule has 1 aliphatic heterocycles. The number of Topliss-reactive ketones (excluding diaryl/α,β-unsaturated/α-hetero) is 1. The lowest BCUT2D eigenvalue weighted by Gasteiger charge is -2.26. The third-order valence-electron chi connectivity index (χ3n) is 5.06. The minimum atomic E-state index is -0.348. The highest BCUT2D eigenvalue weighted by Crippen LogP contribution is 2.31. The molecule has 0 N–H and O–H groups in total. The number of ketones is 2. The van der Waals surface area contributed by atoms with Crippen molar-refractivity contribution in [3.63, 3.8) is 0 Å². The van der Waals surface area contributed by atoms with Gasteiger partial charge in [0.25, 0.3) is 0 Å². The molecule has 7 nitrogen and oxygen atoms in total. The van der Waals surface area contributed by atoms with E-state index in [0.29, 0.717) is 23.9 Å². The van der Waals surface area contributed by atoms with Gasteiger partial charge in [-0.3, -0.25) is 14.5 Å². The van der Waals surface area contributed by atoms with Crippen LogP contribution in [-0.2, 0) is 4.74 Å². The van der Waals surface area contributed by atoms with Gasteiger partial charge in [-0.2, -0.15) is 0 Å². The van der Waals surface area contributed by atoms with Crippen molar-refractivity contribution >= 4 is 11.6 Å². The molecule has 0 aromatic heterocycles. The molecule has 1 aliphatic carbocycles. The number of ether oxygens (including phenoxy) is 4. The Bertz CT molecular complexity index is 960. The molecule has 0 bridgehead atoms. The number of rotatable bonds is 7. The number of hydrogen-bond acceptors (Lipinski definition) is 7. The smallest absolute Gasteiger partial charge is 0.229 e. The summed E-state index contributed by atoms with van der Waals surface area (Å²) < 4.78 is 22.0. The number of methoxy groups -OCH3 is 1. The summed E-state index contributed by atoms with van der Waals surface area (Å²) in [6, 6.07) is 11.8. The van der Waals surface area contributed by atoms with Gasteiger partial charge >= 0.3 is 0 Å². The molecule has 0 amide bonds. The summed E-state index contributed by atoms with van der Waals surface area (Å²) in [5.41, 5.74) is 0.571. The standard InChI is InChI=1S/C23H23NO6/c1-27-16-5-7-17(8-6-16)30-21-15-19(25)22-18(23(21)26)3-2-4-20(22)29-14-11-24-9-12-28-13-10-24/h2-8,15H,9-14H2,1H3. The minimum absolute atomic E-state index is 0.0110. The topological polar surface area (TPSA) is 74.3 Å². The number of fused-ring (bicyclic) bond motifs is 1. The Morgan fingerprint density at radius 3 is 2.47 bits per heavy atom. The second-order valence-electron chi connectivity index (χ2n) is 6.96. The maximum Gasteiger partial charge on any atom is 0.229 e. The zero-order valence-corrected chi connectivity index (χ0v) is 16.8.